The average Bonchev–Trinajstić information content (AvgIpc) is 2.67. The van der Waals surface area contributed by atoms with Crippen LogP contribution in [-0.2, 0) is 9.31 Å². The predicted molar refractivity (Wildman–Crippen MR) is 83.5 cm³/mol. The van der Waals surface area contributed by atoms with Gasteiger partial charge in [-0.1, -0.05) is 12.1 Å². The number of benzene rings is 1. The molecule has 7 heteroatoms. The Morgan fingerprint density at radius 2 is 1.78 bits per heavy atom. The lowest BCUT2D eigenvalue weighted by atomic mass is 9.77. The van der Waals surface area contributed by atoms with Gasteiger partial charge < -0.3 is 14.4 Å². The molecule has 3 rings (SSSR count). The normalized spacial score (nSPS) is 20.9. The minimum Gasteiger partial charge on any atom is -0.399 e. The summed E-state index contributed by atoms with van der Waals surface area (Å²) in [5, 5.41) is 9.60. The Labute approximate surface area is 133 Å². The van der Waals surface area contributed by atoms with Crippen LogP contribution < -0.4 is 5.46 Å². The lowest BCUT2D eigenvalue weighted by Crippen LogP contribution is -2.41. The van der Waals surface area contributed by atoms with Crippen molar-refractivity contribution in [1.29, 1.82) is 0 Å². The molecule has 1 fully saturated rings. The number of aromatic nitrogens is 1. The first-order valence-electron chi connectivity index (χ1n) is 7.38. The fourth-order valence-electron chi connectivity index (χ4n) is 2.50. The third-order valence-electron chi connectivity index (χ3n) is 4.64. The Balaban J connectivity index is 2.04. The van der Waals surface area contributed by atoms with Crippen molar-refractivity contribution in [3.05, 3.63) is 35.9 Å². The second-order valence-corrected chi connectivity index (χ2v) is 6.72. The fraction of sp³-hybridized carbons (Fsp3) is 0.438. The first-order valence-corrected chi connectivity index (χ1v) is 7.38. The van der Waals surface area contributed by atoms with Crippen LogP contribution >= 0.6 is 0 Å². The maximum Gasteiger partial charge on any atom is 0.497 e. The first kappa shape index (κ1) is 16.3. The zero-order chi connectivity index (χ0) is 17.0. The van der Waals surface area contributed by atoms with Gasteiger partial charge in [-0.3, -0.25) is 4.98 Å². The number of hydrogen-bond donors (Lipinski definition) is 1. The minimum atomic E-state index is -2.19. The number of aliphatic hydroxyl groups is 1. The summed E-state index contributed by atoms with van der Waals surface area (Å²) in [7, 11) is -0.823. The van der Waals surface area contributed by atoms with E-state index in [0.29, 0.717) is 5.39 Å². The van der Waals surface area contributed by atoms with Crippen molar-refractivity contribution in [2.24, 2.45) is 0 Å². The van der Waals surface area contributed by atoms with Gasteiger partial charge in [-0.05, 0) is 39.1 Å². The quantitative estimate of drug-likeness (QED) is 0.864. The monoisotopic (exact) mass is 321 g/mol. The molecule has 1 N–H and O–H groups in total. The Morgan fingerprint density at radius 1 is 1.17 bits per heavy atom. The zero-order valence-corrected chi connectivity index (χ0v) is 13.4. The van der Waals surface area contributed by atoms with E-state index in [-0.39, 0.29) is 16.5 Å². The third kappa shape index (κ3) is 2.63. The number of alkyl halides is 1. The maximum atomic E-state index is 14.8. The molecular weight excluding hydrogens is 303 g/mol. The van der Waals surface area contributed by atoms with E-state index in [1.807, 2.05) is 27.7 Å². The van der Waals surface area contributed by atoms with E-state index in [1.165, 1.54) is 12.3 Å². The number of fused-ring (bicyclic) bond motifs is 1. The minimum absolute atomic E-state index is 0.153. The molecular formula is C16H18BF2NO3. The Morgan fingerprint density at radius 3 is 2.35 bits per heavy atom. The van der Waals surface area contributed by atoms with Crippen molar-refractivity contribution in [3.8, 4) is 0 Å². The third-order valence-corrected chi connectivity index (χ3v) is 4.64. The summed E-state index contributed by atoms with van der Waals surface area (Å²) < 4.78 is 39.4. The fourth-order valence-corrected chi connectivity index (χ4v) is 2.50. The van der Waals surface area contributed by atoms with Crippen molar-refractivity contribution in [3.63, 3.8) is 0 Å². The van der Waals surface area contributed by atoms with Gasteiger partial charge in [0.25, 0.3) is 0 Å². The molecule has 0 aliphatic carbocycles. The molecule has 2 heterocycles. The molecule has 1 aliphatic rings. The first-order chi connectivity index (χ1) is 10.6. The number of aliphatic hydroxyl groups excluding tert-OH is 1. The second-order valence-electron chi connectivity index (χ2n) is 6.72. The highest BCUT2D eigenvalue weighted by Gasteiger charge is 2.52. The number of hydrogen-bond acceptors (Lipinski definition) is 4. The van der Waals surface area contributed by atoms with Gasteiger partial charge in [0.05, 0.1) is 11.2 Å². The van der Waals surface area contributed by atoms with E-state index < -0.39 is 30.5 Å². The molecule has 23 heavy (non-hydrogen) atoms. The molecule has 0 bridgehead atoms. The van der Waals surface area contributed by atoms with Crippen molar-refractivity contribution in [2.45, 2.75) is 45.3 Å². The van der Waals surface area contributed by atoms with Gasteiger partial charge in [-0.25, -0.2) is 8.78 Å². The van der Waals surface area contributed by atoms with Crippen molar-refractivity contribution >= 4 is 23.4 Å². The van der Waals surface area contributed by atoms with Crippen LogP contribution in [0.1, 0.15) is 39.7 Å². The summed E-state index contributed by atoms with van der Waals surface area (Å²) in [6.07, 6.45) is -0.984. The maximum absolute atomic E-state index is 14.8. The van der Waals surface area contributed by atoms with Crippen LogP contribution in [0.25, 0.3) is 10.8 Å². The van der Waals surface area contributed by atoms with Crippen molar-refractivity contribution < 1.29 is 23.2 Å². The summed E-state index contributed by atoms with van der Waals surface area (Å²) in [6, 6.07) is 4.50. The summed E-state index contributed by atoms with van der Waals surface area (Å²) in [5.41, 5.74) is -1.02. The van der Waals surface area contributed by atoms with Crippen LogP contribution in [0.2, 0.25) is 0 Å². The Kier molecular flexibility index (Phi) is 3.70. The molecule has 1 unspecified atom stereocenters. The molecule has 1 atom stereocenters. The number of pyridine rings is 1. The molecule has 0 radical (unpaired) electrons. The van der Waals surface area contributed by atoms with E-state index in [2.05, 4.69) is 4.98 Å². The van der Waals surface area contributed by atoms with Gasteiger partial charge in [0.2, 0.25) is 6.36 Å². The summed E-state index contributed by atoms with van der Waals surface area (Å²) in [5.74, 6) is -0.520. The second kappa shape index (κ2) is 5.23. The van der Waals surface area contributed by atoms with Gasteiger partial charge >= 0.3 is 7.12 Å². The van der Waals surface area contributed by atoms with Crippen LogP contribution in [-0.4, -0.2) is 28.4 Å². The molecule has 0 amide bonds. The molecule has 0 saturated carbocycles. The van der Waals surface area contributed by atoms with Crippen LogP contribution in [0.4, 0.5) is 8.78 Å². The van der Waals surface area contributed by atoms with Crippen LogP contribution in [0.3, 0.4) is 0 Å². The number of halogens is 2. The predicted octanol–water partition coefficient (Wildman–Crippen LogP) is 2.63. The lowest BCUT2D eigenvalue weighted by molar-refractivity contribution is 0.00578. The highest BCUT2D eigenvalue weighted by Crippen LogP contribution is 2.37. The highest BCUT2D eigenvalue weighted by atomic mass is 19.1. The van der Waals surface area contributed by atoms with Crippen molar-refractivity contribution in [1.82, 2.24) is 4.98 Å². The van der Waals surface area contributed by atoms with E-state index in [0.717, 1.165) is 0 Å². The largest absolute Gasteiger partial charge is 0.497 e. The van der Waals surface area contributed by atoms with Gasteiger partial charge in [-0.15, -0.1) is 0 Å². The lowest BCUT2D eigenvalue weighted by Gasteiger charge is -2.32. The molecule has 4 nitrogen and oxygen atoms in total. The van der Waals surface area contributed by atoms with E-state index in [4.69, 9.17) is 14.4 Å². The van der Waals surface area contributed by atoms with E-state index in [1.54, 1.807) is 12.1 Å². The molecule has 122 valence electrons. The van der Waals surface area contributed by atoms with Crippen LogP contribution in [0.5, 0.6) is 0 Å². The van der Waals surface area contributed by atoms with Crippen LogP contribution in [0.15, 0.2) is 24.4 Å². The molecule has 1 aliphatic heterocycles. The Bertz CT molecular complexity index is 748. The number of rotatable bonds is 2. The highest BCUT2D eigenvalue weighted by molar-refractivity contribution is 6.62. The number of nitrogens with zero attached hydrogens (tertiary/aromatic N) is 1. The summed E-state index contributed by atoms with van der Waals surface area (Å²) in [6.45, 7) is 7.57. The summed E-state index contributed by atoms with van der Waals surface area (Å²) >= 11 is 0. The van der Waals surface area contributed by atoms with Gasteiger partial charge in [0, 0.05) is 17.0 Å². The molecule has 0 spiro atoms. The molecule has 1 aromatic heterocycles. The van der Waals surface area contributed by atoms with E-state index >= 15 is 0 Å². The topological polar surface area (TPSA) is 51.6 Å². The summed E-state index contributed by atoms with van der Waals surface area (Å²) in [4.78, 5) is 3.75. The van der Waals surface area contributed by atoms with Gasteiger partial charge in [-0.2, -0.15) is 0 Å². The van der Waals surface area contributed by atoms with Crippen molar-refractivity contribution in [2.75, 3.05) is 0 Å². The smallest absolute Gasteiger partial charge is 0.399 e. The Hall–Kier alpha value is -1.57. The standard InChI is InChI=1S/C16H18BF2NO3/c1-15(2)16(3,4)23-17(22-15)11-6-5-9-7-12(14(19)21)20-8-10(9)13(11)18/h5-8,14,21H,1-4H3. The van der Waals surface area contributed by atoms with Crippen LogP contribution in [0, 0.1) is 5.82 Å². The molecule has 2 aromatic rings. The average molecular weight is 321 g/mol. The van der Waals surface area contributed by atoms with Gasteiger partial charge in [0.15, 0.2) is 0 Å². The molecule has 1 saturated heterocycles. The van der Waals surface area contributed by atoms with E-state index in [9.17, 15) is 8.78 Å². The molecule has 1 aromatic carbocycles. The SMILES string of the molecule is CC1(C)OB(c2ccc3cc(C(O)F)ncc3c2F)OC1(C)C. The van der Waals surface area contributed by atoms with Gasteiger partial charge in [0.1, 0.15) is 11.5 Å². The zero-order valence-electron chi connectivity index (χ0n) is 13.4.